The van der Waals surface area contributed by atoms with Crippen LogP contribution in [0.5, 0.6) is 0 Å². The molecule has 3 nitrogen and oxygen atoms in total. The average molecular weight is 344 g/mol. The zero-order valence-electron chi connectivity index (χ0n) is 11.4. The highest BCUT2D eigenvalue weighted by molar-refractivity contribution is 9.10. The molecule has 0 unspecified atom stereocenters. The van der Waals surface area contributed by atoms with E-state index in [0.717, 1.165) is 24.0 Å². The van der Waals surface area contributed by atoms with Crippen molar-refractivity contribution in [1.82, 2.24) is 4.90 Å². The van der Waals surface area contributed by atoms with Crippen molar-refractivity contribution in [1.29, 1.82) is 0 Å². The number of quaternary nitrogens is 1. The van der Waals surface area contributed by atoms with E-state index in [9.17, 15) is 4.79 Å². The number of benzene rings is 1. The van der Waals surface area contributed by atoms with Crippen LogP contribution in [0.1, 0.15) is 17.4 Å². The van der Waals surface area contributed by atoms with Crippen molar-refractivity contribution in [2.45, 2.75) is 11.8 Å². The van der Waals surface area contributed by atoms with E-state index in [1.54, 1.807) is 11.8 Å². The van der Waals surface area contributed by atoms with Crippen LogP contribution in [0.4, 0.5) is 0 Å². The minimum atomic E-state index is 0.192. The molecule has 19 heavy (non-hydrogen) atoms. The third-order valence-corrected chi connectivity index (χ3v) is 4.98. The van der Waals surface area contributed by atoms with E-state index >= 15 is 0 Å². The maximum atomic E-state index is 12.0. The fourth-order valence-electron chi connectivity index (χ4n) is 2.20. The van der Waals surface area contributed by atoms with Gasteiger partial charge in [0.25, 0.3) is 0 Å². The van der Waals surface area contributed by atoms with Crippen LogP contribution >= 0.6 is 27.7 Å². The summed E-state index contributed by atoms with van der Waals surface area (Å²) in [5, 5.41) is 0.192. The Morgan fingerprint density at radius 3 is 2.68 bits per heavy atom. The van der Waals surface area contributed by atoms with Crippen molar-refractivity contribution in [2.24, 2.45) is 0 Å². The van der Waals surface area contributed by atoms with E-state index in [1.165, 1.54) is 10.5 Å². The zero-order chi connectivity index (χ0) is 13.8. The molecule has 0 saturated carbocycles. The highest BCUT2D eigenvalue weighted by atomic mass is 79.9. The molecule has 1 atom stereocenters. The number of carbonyl (C=O) groups excluding carboxylic acids is 1. The second kappa shape index (κ2) is 6.77. The van der Waals surface area contributed by atoms with E-state index in [1.807, 2.05) is 17.0 Å². The third kappa shape index (κ3) is 3.97. The molecule has 0 radical (unpaired) electrons. The molecule has 0 bridgehead atoms. The normalized spacial score (nSPS) is 19.5. The van der Waals surface area contributed by atoms with Crippen molar-refractivity contribution in [3.05, 3.63) is 34.3 Å². The van der Waals surface area contributed by atoms with Gasteiger partial charge in [0.2, 0.25) is 5.91 Å². The highest BCUT2D eigenvalue weighted by Crippen LogP contribution is 2.38. The quantitative estimate of drug-likeness (QED) is 0.877. The Labute approximate surface area is 127 Å². The van der Waals surface area contributed by atoms with Gasteiger partial charge in [-0.3, -0.25) is 4.79 Å². The first-order chi connectivity index (χ1) is 9.08. The number of rotatable bonds is 5. The van der Waals surface area contributed by atoms with Gasteiger partial charge in [-0.1, -0.05) is 28.1 Å². The van der Waals surface area contributed by atoms with Crippen molar-refractivity contribution in [3.63, 3.8) is 0 Å². The minimum absolute atomic E-state index is 0.192. The molecule has 1 amide bonds. The summed E-state index contributed by atoms with van der Waals surface area (Å²) >= 11 is 5.18. The number of hydrogen-bond acceptors (Lipinski definition) is 2. The molecule has 1 N–H and O–H groups in total. The highest BCUT2D eigenvalue weighted by Gasteiger charge is 2.32. The average Bonchev–Trinajstić information content (AvgIpc) is 2.72. The van der Waals surface area contributed by atoms with Gasteiger partial charge < -0.3 is 9.80 Å². The van der Waals surface area contributed by atoms with Crippen LogP contribution in [0.25, 0.3) is 0 Å². The van der Waals surface area contributed by atoms with Gasteiger partial charge in [-0.25, -0.2) is 0 Å². The molecular formula is C14H20BrN2OS+. The number of carbonyl (C=O) groups is 1. The lowest BCUT2D eigenvalue weighted by Gasteiger charge is -2.24. The molecule has 1 fully saturated rings. The van der Waals surface area contributed by atoms with Gasteiger partial charge in [-0.15, -0.1) is 11.8 Å². The van der Waals surface area contributed by atoms with Crippen LogP contribution in [0.3, 0.4) is 0 Å². The summed E-state index contributed by atoms with van der Waals surface area (Å²) in [6.07, 6.45) is 1.06. The molecule has 0 aliphatic carbocycles. The summed E-state index contributed by atoms with van der Waals surface area (Å²) in [4.78, 5) is 15.4. The van der Waals surface area contributed by atoms with Gasteiger partial charge in [-0.2, -0.15) is 0 Å². The lowest BCUT2D eigenvalue weighted by Crippen LogP contribution is -3.05. The zero-order valence-corrected chi connectivity index (χ0v) is 13.8. The summed E-state index contributed by atoms with van der Waals surface area (Å²) in [5.74, 6) is 0.877. The van der Waals surface area contributed by atoms with Crippen LogP contribution in [0.15, 0.2) is 28.7 Å². The van der Waals surface area contributed by atoms with Gasteiger partial charge in [-0.05, 0) is 17.7 Å². The van der Waals surface area contributed by atoms with Crippen LogP contribution in [-0.2, 0) is 4.79 Å². The Morgan fingerprint density at radius 1 is 1.37 bits per heavy atom. The largest absolute Gasteiger partial charge is 0.340 e. The molecule has 0 spiro atoms. The van der Waals surface area contributed by atoms with Gasteiger partial charge in [0, 0.05) is 17.4 Å². The monoisotopic (exact) mass is 343 g/mol. The molecule has 1 saturated heterocycles. The second-order valence-electron chi connectivity index (χ2n) is 5.11. The topological polar surface area (TPSA) is 24.8 Å². The maximum Gasteiger partial charge on any atom is 0.233 e. The molecule has 1 aliphatic rings. The van der Waals surface area contributed by atoms with Crippen LogP contribution in [0.2, 0.25) is 0 Å². The number of nitrogens with one attached hydrogen (secondary N) is 1. The molecule has 5 heteroatoms. The van der Waals surface area contributed by atoms with Crippen molar-refractivity contribution in [2.75, 3.05) is 32.9 Å². The molecule has 104 valence electrons. The first-order valence-corrected chi connectivity index (χ1v) is 8.37. The molecular weight excluding hydrogens is 324 g/mol. The fraction of sp³-hybridized carbons (Fsp3) is 0.500. The summed E-state index contributed by atoms with van der Waals surface area (Å²) in [5.41, 5.74) is 1.22. The summed E-state index contributed by atoms with van der Waals surface area (Å²) in [6.45, 7) is 1.96. The van der Waals surface area contributed by atoms with Crippen LogP contribution in [-0.4, -0.2) is 43.7 Å². The molecule has 1 heterocycles. The van der Waals surface area contributed by atoms with Crippen molar-refractivity contribution < 1.29 is 9.69 Å². The summed E-state index contributed by atoms with van der Waals surface area (Å²) < 4.78 is 1.08. The summed E-state index contributed by atoms with van der Waals surface area (Å²) in [6, 6.07) is 8.29. The van der Waals surface area contributed by atoms with Crippen LogP contribution < -0.4 is 4.90 Å². The number of halogens is 1. The smallest absolute Gasteiger partial charge is 0.233 e. The fourth-order valence-corrected chi connectivity index (χ4v) is 3.69. The second-order valence-corrected chi connectivity index (χ2v) is 7.10. The van der Waals surface area contributed by atoms with Gasteiger partial charge in [0.1, 0.15) is 5.37 Å². The number of amides is 1. The predicted octanol–water partition coefficient (Wildman–Crippen LogP) is 1.56. The van der Waals surface area contributed by atoms with Gasteiger partial charge in [0.05, 0.1) is 26.4 Å². The number of hydrogen-bond donors (Lipinski definition) is 1. The van der Waals surface area contributed by atoms with E-state index in [2.05, 4.69) is 42.2 Å². The van der Waals surface area contributed by atoms with E-state index in [-0.39, 0.29) is 11.3 Å². The lowest BCUT2D eigenvalue weighted by atomic mass is 10.2. The summed E-state index contributed by atoms with van der Waals surface area (Å²) in [7, 11) is 4.29. The molecule has 0 aromatic heterocycles. The van der Waals surface area contributed by atoms with E-state index < -0.39 is 0 Å². The molecule has 1 aromatic carbocycles. The predicted molar refractivity (Wildman–Crippen MR) is 83.3 cm³/mol. The van der Waals surface area contributed by atoms with Crippen LogP contribution in [0, 0.1) is 0 Å². The molecule has 1 aliphatic heterocycles. The van der Waals surface area contributed by atoms with Crippen molar-refractivity contribution in [3.8, 4) is 0 Å². The molecule has 1 aromatic rings. The van der Waals surface area contributed by atoms with Gasteiger partial charge >= 0.3 is 0 Å². The Balaban J connectivity index is 2.02. The maximum absolute atomic E-state index is 12.0. The standard InChI is InChI=1S/C14H19BrN2OS/c1-16(2)8-3-9-17-13(18)10-19-14(17)11-4-6-12(15)7-5-11/h4-7,14H,3,8-10H2,1-2H3/p+1/t14-/m1/s1. The number of nitrogens with zero attached hydrogens (tertiary/aromatic N) is 1. The first kappa shape index (κ1) is 14.9. The van der Waals surface area contributed by atoms with Crippen molar-refractivity contribution >= 4 is 33.6 Å². The van der Waals surface area contributed by atoms with E-state index in [4.69, 9.17) is 0 Å². The molecule has 2 rings (SSSR count). The Hall–Kier alpha value is -0.520. The minimum Gasteiger partial charge on any atom is -0.340 e. The Kier molecular flexibility index (Phi) is 5.30. The van der Waals surface area contributed by atoms with E-state index in [0.29, 0.717) is 5.75 Å². The SMILES string of the molecule is C[NH+](C)CCCN1C(=O)CS[C@@H]1c1ccc(Br)cc1. The first-order valence-electron chi connectivity index (χ1n) is 6.53. The Morgan fingerprint density at radius 2 is 2.05 bits per heavy atom. The lowest BCUT2D eigenvalue weighted by molar-refractivity contribution is -0.858. The Bertz CT molecular complexity index is 436. The number of thioether (sulfide) groups is 1. The van der Waals surface area contributed by atoms with Gasteiger partial charge in [0.15, 0.2) is 0 Å². The third-order valence-electron chi connectivity index (χ3n) is 3.20.